The molecule has 1 aromatic heterocycles. The molecular formula is C13H17F3N2O. The van der Waals surface area contributed by atoms with E-state index < -0.39 is 12.1 Å². The fourth-order valence-electron chi connectivity index (χ4n) is 2.50. The number of hydrogen-bond acceptors (Lipinski definition) is 2. The number of alkyl halides is 3. The number of rotatable bonds is 3. The summed E-state index contributed by atoms with van der Waals surface area (Å²) < 4.78 is 39.7. The highest BCUT2D eigenvalue weighted by molar-refractivity contribution is 5.96. The smallest absolute Gasteiger partial charge is 0.348 e. The Bertz CT molecular complexity index is 453. The molecule has 1 aliphatic rings. The van der Waals surface area contributed by atoms with Crippen LogP contribution in [0.1, 0.15) is 23.3 Å². The van der Waals surface area contributed by atoms with Crippen LogP contribution in [0.2, 0.25) is 0 Å². The number of piperidine rings is 1. The van der Waals surface area contributed by atoms with E-state index in [2.05, 4.69) is 0 Å². The summed E-state index contributed by atoms with van der Waals surface area (Å²) in [6.07, 6.45) is -1.75. The van der Waals surface area contributed by atoms with Crippen molar-refractivity contribution >= 4 is 5.78 Å². The van der Waals surface area contributed by atoms with Gasteiger partial charge in [-0.05, 0) is 31.5 Å². The molecular weight excluding hydrogens is 257 g/mol. The molecule has 1 aliphatic heterocycles. The standard InChI is InChI=1S/C13H17F3N2O/c1-17-6-3-5-11(17)12(19)9-18-7-2-4-10(8-18)13(14,15)16/h3,5-6,10H,2,4,7-9H2,1H3. The number of likely N-dealkylation sites (tertiary alicyclic amines) is 1. The van der Waals surface area contributed by atoms with Crippen LogP contribution in [0.15, 0.2) is 18.3 Å². The summed E-state index contributed by atoms with van der Waals surface area (Å²) >= 11 is 0. The van der Waals surface area contributed by atoms with Gasteiger partial charge in [0.2, 0.25) is 0 Å². The molecule has 0 bridgehead atoms. The second-order valence-corrected chi connectivity index (χ2v) is 5.04. The Balaban J connectivity index is 1.96. The number of carbonyl (C=O) groups excluding carboxylic acids is 1. The van der Waals surface area contributed by atoms with Gasteiger partial charge in [0.15, 0.2) is 5.78 Å². The van der Waals surface area contributed by atoms with Crippen molar-refractivity contribution in [1.82, 2.24) is 9.47 Å². The lowest BCUT2D eigenvalue weighted by molar-refractivity contribution is -0.186. The lowest BCUT2D eigenvalue weighted by Gasteiger charge is -2.33. The summed E-state index contributed by atoms with van der Waals surface area (Å²) in [6, 6.07) is 3.44. The maximum atomic E-state index is 12.7. The predicted molar refractivity (Wildman–Crippen MR) is 65.0 cm³/mol. The Morgan fingerprint density at radius 1 is 1.47 bits per heavy atom. The highest BCUT2D eigenvalue weighted by atomic mass is 19.4. The van der Waals surface area contributed by atoms with Crippen LogP contribution < -0.4 is 0 Å². The minimum Gasteiger partial charge on any atom is -0.348 e. The summed E-state index contributed by atoms with van der Waals surface area (Å²) in [5.74, 6) is -1.43. The number of carbonyl (C=O) groups is 1. The van der Waals surface area contributed by atoms with Crippen LogP contribution in [-0.4, -0.2) is 41.1 Å². The molecule has 0 saturated carbocycles. The van der Waals surface area contributed by atoms with Crippen molar-refractivity contribution in [2.24, 2.45) is 13.0 Å². The van der Waals surface area contributed by atoms with E-state index in [0.29, 0.717) is 18.7 Å². The minimum atomic E-state index is -4.16. The lowest BCUT2D eigenvalue weighted by atomic mass is 9.97. The first-order chi connectivity index (χ1) is 8.88. The SMILES string of the molecule is Cn1cccc1C(=O)CN1CCCC(C(F)(F)F)C1. The molecule has 19 heavy (non-hydrogen) atoms. The average molecular weight is 274 g/mol. The summed E-state index contributed by atoms with van der Waals surface area (Å²) in [7, 11) is 1.75. The second kappa shape index (κ2) is 5.36. The normalized spacial score (nSPS) is 21.6. The molecule has 0 radical (unpaired) electrons. The van der Waals surface area contributed by atoms with Gasteiger partial charge in [0.05, 0.1) is 18.2 Å². The summed E-state index contributed by atoms with van der Waals surface area (Å²) in [6.45, 7) is 0.548. The topological polar surface area (TPSA) is 25.2 Å². The van der Waals surface area contributed by atoms with Crippen molar-refractivity contribution in [3.05, 3.63) is 24.0 Å². The van der Waals surface area contributed by atoms with E-state index in [1.807, 2.05) is 0 Å². The molecule has 3 nitrogen and oxygen atoms in total. The van der Waals surface area contributed by atoms with Crippen LogP contribution in [-0.2, 0) is 7.05 Å². The largest absolute Gasteiger partial charge is 0.393 e. The maximum absolute atomic E-state index is 12.7. The maximum Gasteiger partial charge on any atom is 0.393 e. The predicted octanol–water partition coefficient (Wildman–Crippen LogP) is 2.48. The van der Waals surface area contributed by atoms with E-state index in [0.717, 1.165) is 0 Å². The molecule has 1 atom stereocenters. The van der Waals surface area contributed by atoms with Crippen LogP contribution in [0.3, 0.4) is 0 Å². The summed E-state index contributed by atoms with van der Waals surface area (Å²) in [4.78, 5) is 13.6. The van der Waals surface area contributed by atoms with Gasteiger partial charge in [0.1, 0.15) is 0 Å². The third-order valence-electron chi connectivity index (χ3n) is 3.57. The number of nitrogens with zero attached hydrogens (tertiary/aromatic N) is 2. The molecule has 2 heterocycles. The van der Waals surface area contributed by atoms with E-state index in [9.17, 15) is 18.0 Å². The van der Waals surface area contributed by atoms with Crippen molar-refractivity contribution in [3.63, 3.8) is 0 Å². The third kappa shape index (κ3) is 3.37. The molecule has 6 heteroatoms. The molecule has 0 aromatic carbocycles. The molecule has 0 amide bonds. The quantitative estimate of drug-likeness (QED) is 0.791. The molecule has 1 unspecified atom stereocenters. The molecule has 1 fully saturated rings. The number of hydrogen-bond donors (Lipinski definition) is 0. The van der Waals surface area contributed by atoms with Gasteiger partial charge < -0.3 is 4.57 Å². The third-order valence-corrected chi connectivity index (χ3v) is 3.57. The number of aromatic nitrogens is 1. The van der Waals surface area contributed by atoms with E-state index in [4.69, 9.17) is 0 Å². The first kappa shape index (κ1) is 14.1. The lowest BCUT2D eigenvalue weighted by Crippen LogP contribution is -2.43. The number of Topliss-reactive ketones (excluding diaryl/α,β-unsaturated/α-hetero) is 1. The number of aryl methyl sites for hydroxylation is 1. The Morgan fingerprint density at radius 2 is 2.21 bits per heavy atom. The zero-order valence-corrected chi connectivity index (χ0v) is 10.8. The van der Waals surface area contributed by atoms with Crippen molar-refractivity contribution in [2.75, 3.05) is 19.6 Å². The Labute approximate surface area is 110 Å². The van der Waals surface area contributed by atoms with Crippen LogP contribution in [0.4, 0.5) is 13.2 Å². The Morgan fingerprint density at radius 3 is 2.79 bits per heavy atom. The number of halogens is 3. The van der Waals surface area contributed by atoms with Crippen LogP contribution in [0, 0.1) is 5.92 Å². The fourth-order valence-corrected chi connectivity index (χ4v) is 2.50. The summed E-state index contributed by atoms with van der Waals surface area (Å²) in [5, 5.41) is 0. The molecule has 2 rings (SSSR count). The van der Waals surface area contributed by atoms with E-state index in [1.165, 1.54) is 0 Å². The Hall–Kier alpha value is -1.30. The van der Waals surface area contributed by atoms with Crippen LogP contribution in [0.5, 0.6) is 0 Å². The first-order valence-corrected chi connectivity index (χ1v) is 6.31. The average Bonchev–Trinajstić information content (AvgIpc) is 2.75. The number of ketones is 1. The van der Waals surface area contributed by atoms with Gasteiger partial charge in [-0.15, -0.1) is 0 Å². The van der Waals surface area contributed by atoms with Crippen molar-refractivity contribution in [2.45, 2.75) is 19.0 Å². The Kier molecular flexibility index (Phi) is 3.99. The molecule has 1 saturated heterocycles. The van der Waals surface area contributed by atoms with Gasteiger partial charge in [0.25, 0.3) is 0 Å². The van der Waals surface area contributed by atoms with Crippen molar-refractivity contribution in [3.8, 4) is 0 Å². The molecule has 0 aliphatic carbocycles. The van der Waals surface area contributed by atoms with Gasteiger partial charge >= 0.3 is 6.18 Å². The van der Waals surface area contributed by atoms with Gasteiger partial charge in [-0.1, -0.05) is 0 Å². The molecule has 1 aromatic rings. The van der Waals surface area contributed by atoms with Gasteiger partial charge in [-0.3, -0.25) is 9.69 Å². The van der Waals surface area contributed by atoms with Crippen LogP contribution >= 0.6 is 0 Å². The highest BCUT2D eigenvalue weighted by Gasteiger charge is 2.41. The van der Waals surface area contributed by atoms with Crippen molar-refractivity contribution in [1.29, 1.82) is 0 Å². The second-order valence-electron chi connectivity index (χ2n) is 5.04. The highest BCUT2D eigenvalue weighted by Crippen LogP contribution is 2.33. The first-order valence-electron chi connectivity index (χ1n) is 6.31. The van der Waals surface area contributed by atoms with Gasteiger partial charge in [-0.25, -0.2) is 0 Å². The van der Waals surface area contributed by atoms with E-state index in [-0.39, 0.29) is 25.3 Å². The fraction of sp³-hybridized carbons (Fsp3) is 0.615. The van der Waals surface area contributed by atoms with Gasteiger partial charge in [0, 0.05) is 19.8 Å². The van der Waals surface area contributed by atoms with Crippen molar-refractivity contribution < 1.29 is 18.0 Å². The van der Waals surface area contributed by atoms with Gasteiger partial charge in [-0.2, -0.15) is 13.2 Å². The van der Waals surface area contributed by atoms with E-state index in [1.54, 1.807) is 34.8 Å². The van der Waals surface area contributed by atoms with Crippen LogP contribution in [0.25, 0.3) is 0 Å². The molecule has 0 N–H and O–H groups in total. The zero-order chi connectivity index (χ0) is 14.0. The zero-order valence-electron chi connectivity index (χ0n) is 10.8. The molecule has 0 spiro atoms. The molecule has 106 valence electrons. The minimum absolute atomic E-state index is 0.0600. The summed E-state index contributed by atoms with van der Waals surface area (Å²) in [5.41, 5.74) is 0.536. The van der Waals surface area contributed by atoms with E-state index >= 15 is 0 Å². The monoisotopic (exact) mass is 274 g/mol.